The highest BCUT2D eigenvalue weighted by atomic mass is 79.9. The molecule has 16 heavy (non-hydrogen) atoms. The van der Waals surface area contributed by atoms with Crippen LogP contribution in [0.15, 0.2) is 10.7 Å². The van der Waals surface area contributed by atoms with Crippen LogP contribution in [0, 0.1) is 0 Å². The van der Waals surface area contributed by atoms with Crippen molar-refractivity contribution in [2.75, 3.05) is 20.6 Å². The number of rotatable bonds is 5. The molecule has 0 fully saturated rings. The molecule has 1 aromatic heterocycles. The van der Waals surface area contributed by atoms with Crippen LogP contribution in [-0.2, 0) is 6.54 Å². The van der Waals surface area contributed by atoms with Gasteiger partial charge in [0.2, 0.25) is 0 Å². The van der Waals surface area contributed by atoms with Crippen LogP contribution in [0.4, 0.5) is 0 Å². The van der Waals surface area contributed by atoms with Crippen molar-refractivity contribution in [2.45, 2.75) is 31.7 Å². The lowest BCUT2D eigenvalue weighted by Crippen LogP contribution is -2.22. The Morgan fingerprint density at radius 3 is 2.62 bits per heavy atom. The fraction of sp³-hybridized carbons (Fsp3) is 0.727. The Morgan fingerprint density at radius 2 is 2.12 bits per heavy atom. The monoisotopic (exact) mass is 307 g/mol. The zero-order valence-electron chi connectivity index (χ0n) is 10.2. The molecule has 1 heterocycles. The second-order valence-electron chi connectivity index (χ2n) is 4.37. The van der Waals surface area contributed by atoms with Gasteiger partial charge in [0.15, 0.2) is 0 Å². The highest BCUT2D eigenvalue weighted by molar-refractivity contribution is 9.10. The number of hydrogen-bond donors (Lipinski definition) is 0. The molecule has 0 saturated carbocycles. The summed E-state index contributed by atoms with van der Waals surface area (Å²) < 4.78 is 3.08. The fourth-order valence-corrected chi connectivity index (χ4v) is 2.29. The van der Waals surface area contributed by atoms with Crippen LogP contribution in [0.2, 0.25) is 0 Å². The van der Waals surface area contributed by atoms with Gasteiger partial charge in [0.05, 0.1) is 22.9 Å². The maximum Gasteiger partial charge on any atom is 0.0635 e. The zero-order chi connectivity index (χ0) is 12.3. The standard InChI is InChI=1S/C11H19BrClN3/c1-8(9(2)13)11-10(12)7-14-16(11)6-5-15(3)4/h7-9H,5-6H2,1-4H3. The minimum absolute atomic E-state index is 0.103. The molecule has 1 aromatic rings. The van der Waals surface area contributed by atoms with Gasteiger partial charge in [-0.05, 0) is 36.9 Å². The Balaban J connectivity index is 2.85. The van der Waals surface area contributed by atoms with Crippen molar-refractivity contribution >= 4 is 27.5 Å². The molecule has 0 bridgehead atoms. The number of alkyl halides is 1. The highest BCUT2D eigenvalue weighted by Gasteiger charge is 2.19. The molecule has 5 heteroatoms. The molecule has 0 aliphatic heterocycles. The molecule has 3 nitrogen and oxygen atoms in total. The van der Waals surface area contributed by atoms with E-state index in [-0.39, 0.29) is 5.38 Å². The van der Waals surface area contributed by atoms with Gasteiger partial charge in [-0.1, -0.05) is 6.92 Å². The van der Waals surface area contributed by atoms with Crippen LogP contribution in [0.5, 0.6) is 0 Å². The second kappa shape index (κ2) is 6.03. The third-order valence-corrected chi connectivity index (χ3v) is 3.70. The number of hydrogen-bond acceptors (Lipinski definition) is 2. The maximum absolute atomic E-state index is 6.15. The van der Waals surface area contributed by atoms with E-state index in [4.69, 9.17) is 11.6 Å². The molecule has 0 aliphatic rings. The van der Waals surface area contributed by atoms with E-state index in [1.54, 1.807) is 0 Å². The third-order valence-electron chi connectivity index (χ3n) is 2.71. The van der Waals surface area contributed by atoms with Gasteiger partial charge in [-0.25, -0.2) is 0 Å². The largest absolute Gasteiger partial charge is 0.308 e. The van der Waals surface area contributed by atoms with Crippen LogP contribution < -0.4 is 0 Å². The summed E-state index contributed by atoms with van der Waals surface area (Å²) in [7, 11) is 4.12. The van der Waals surface area contributed by atoms with Crippen LogP contribution in [0.25, 0.3) is 0 Å². The second-order valence-corrected chi connectivity index (χ2v) is 5.91. The third kappa shape index (κ3) is 3.47. The van der Waals surface area contributed by atoms with E-state index in [9.17, 15) is 0 Å². The molecule has 1 rings (SSSR count). The van der Waals surface area contributed by atoms with Gasteiger partial charge in [-0.15, -0.1) is 11.6 Å². The van der Waals surface area contributed by atoms with E-state index in [0.29, 0.717) is 5.92 Å². The predicted octanol–water partition coefficient (Wildman–Crippen LogP) is 2.94. The Morgan fingerprint density at radius 1 is 1.50 bits per heavy atom. The number of nitrogens with zero attached hydrogens (tertiary/aromatic N) is 3. The summed E-state index contributed by atoms with van der Waals surface area (Å²) in [5, 5.41) is 4.48. The summed E-state index contributed by atoms with van der Waals surface area (Å²) in [6.45, 7) is 6.01. The van der Waals surface area contributed by atoms with Crippen molar-refractivity contribution < 1.29 is 0 Å². The Bertz CT molecular complexity index is 336. The first-order chi connectivity index (χ1) is 7.43. The Kier molecular flexibility index (Phi) is 5.28. The van der Waals surface area contributed by atoms with Crippen molar-refractivity contribution in [2.24, 2.45) is 0 Å². The van der Waals surface area contributed by atoms with Crippen LogP contribution in [-0.4, -0.2) is 40.7 Å². The molecule has 0 aromatic carbocycles. The van der Waals surface area contributed by atoms with E-state index < -0.39 is 0 Å². The number of halogens is 2. The van der Waals surface area contributed by atoms with Gasteiger partial charge in [-0.2, -0.15) is 5.10 Å². The number of aromatic nitrogens is 2. The van der Waals surface area contributed by atoms with E-state index >= 15 is 0 Å². The average molecular weight is 309 g/mol. The first kappa shape index (κ1) is 14.0. The normalized spacial score (nSPS) is 15.4. The molecule has 0 aliphatic carbocycles. The molecule has 2 atom stereocenters. The van der Waals surface area contributed by atoms with Gasteiger partial charge in [-0.3, -0.25) is 4.68 Å². The van der Waals surface area contributed by atoms with Crippen molar-refractivity contribution in [3.05, 3.63) is 16.4 Å². The van der Waals surface area contributed by atoms with Gasteiger partial charge in [0.25, 0.3) is 0 Å². The van der Waals surface area contributed by atoms with Crippen molar-refractivity contribution in [1.29, 1.82) is 0 Å². The maximum atomic E-state index is 6.15. The molecule has 0 spiro atoms. The van der Waals surface area contributed by atoms with Gasteiger partial charge in [0.1, 0.15) is 0 Å². The lowest BCUT2D eigenvalue weighted by Gasteiger charge is -2.18. The molecule has 0 saturated heterocycles. The summed E-state index contributed by atoms with van der Waals surface area (Å²) in [4.78, 5) is 2.15. The van der Waals surface area contributed by atoms with E-state index in [0.717, 1.165) is 17.6 Å². The molecule has 0 radical (unpaired) electrons. The average Bonchev–Trinajstić information content (AvgIpc) is 2.55. The summed E-state index contributed by atoms with van der Waals surface area (Å²) in [5.74, 6) is 0.292. The summed E-state index contributed by atoms with van der Waals surface area (Å²) in [5.41, 5.74) is 1.18. The fourth-order valence-electron chi connectivity index (χ4n) is 1.52. The minimum Gasteiger partial charge on any atom is -0.308 e. The first-order valence-corrected chi connectivity index (χ1v) is 6.66. The van der Waals surface area contributed by atoms with Crippen LogP contribution >= 0.6 is 27.5 Å². The van der Waals surface area contributed by atoms with E-state index in [1.165, 1.54) is 5.69 Å². The predicted molar refractivity (Wildman–Crippen MR) is 72.2 cm³/mol. The topological polar surface area (TPSA) is 21.1 Å². The van der Waals surface area contributed by atoms with Gasteiger partial charge in [0, 0.05) is 17.8 Å². The molecule has 2 unspecified atom stereocenters. The lowest BCUT2D eigenvalue weighted by molar-refractivity contribution is 0.366. The molecular formula is C11H19BrClN3. The molecule has 0 amide bonds. The summed E-state index contributed by atoms with van der Waals surface area (Å²) in [6.07, 6.45) is 1.85. The van der Waals surface area contributed by atoms with Crippen molar-refractivity contribution in [3.8, 4) is 0 Å². The number of likely N-dealkylation sites (N-methyl/N-ethyl adjacent to an activating group) is 1. The van der Waals surface area contributed by atoms with Crippen molar-refractivity contribution in [1.82, 2.24) is 14.7 Å². The zero-order valence-corrected chi connectivity index (χ0v) is 12.6. The lowest BCUT2D eigenvalue weighted by atomic mass is 10.0. The van der Waals surface area contributed by atoms with Crippen LogP contribution in [0.3, 0.4) is 0 Å². The highest BCUT2D eigenvalue weighted by Crippen LogP contribution is 2.29. The van der Waals surface area contributed by atoms with E-state index in [1.807, 2.05) is 17.8 Å². The summed E-state index contributed by atoms with van der Waals surface area (Å²) >= 11 is 9.69. The quantitative estimate of drug-likeness (QED) is 0.780. The minimum atomic E-state index is 0.103. The molecule has 0 N–H and O–H groups in total. The van der Waals surface area contributed by atoms with E-state index in [2.05, 4.69) is 46.9 Å². The van der Waals surface area contributed by atoms with Crippen LogP contribution in [0.1, 0.15) is 25.5 Å². The first-order valence-electron chi connectivity index (χ1n) is 5.43. The molecular weight excluding hydrogens is 289 g/mol. The Labute approximate surface area is 111 Å². The summed E-state index contributed by atoms with van der Waals surface area (Å²) in [6, 6.07) is 0. The van der Waals surface area contributed by atoms with Crippen molar-refractivity contribution in [3.63, 3.8) is 0 Å². The smallest absolute Gasteiger partial charge is 0.0635 e. The Hall–Kier alpha value is -0.0600. The van der Waals surface area contributed by atoms with Gasteiger partial charge >= 0.3 is 0 Å². The SMILES string of the molecule is CC(Cl)C(C)c1c(Br)cnn1CCN(C)C. The van der Waals surface area contributed by atoms with Gasteiger partial charge < -0.3 is 4.90 Å². The molecule has 92 valence electrons.